The summed E-state index contributed by atoms with van der Waals surface area (Å²) in [6.07, 6.45) is 4.39. The molecular formula is C10H19N. The fourth-order valence-corrected chi connectivity index (χ4v) is 3.06. The van der Waals surface area contributed by atoms with Crippen LogP contribution in [-0.2, 0) is 0 Å². The monoisotopic (exact) mass is 153 g/mol. The summed E-state index contributed by atoms with van der Waals surface area (Å²) < 4.78 is 0. The molecule has 2 fully saturated rings. The number of likely N-dealkylation sites (tertiary alicyclic amines) is 1. The van der Waals surface area contributed by atoms with Crippen molar-refractivity contribution in [2.45, 2.75) is 45.2 Å². The van der Waals surface area contributed by atoms with Crippen LogP contribution in [0.5, 0.6) is 0 Å². The van der Waals surface area contributed by atoms with Gasteiger partial charge in [0.05, 0.1) is 0 Å². The maximum atomic E-state index is 2.59. The van der Waals surface area contributed by atoms with Gasteiger partial charge >= 0.3 is 0 Å². The first-order valence-electron chi connectivity index (χ1n) is 4.90. The molecule has 1 aliphatic heterocycles. The Morgan fingerprint density at radius 1 is 1.09 bits per heavy atom. The van der Waals surface area contributed by atoms with E-state index in [0.717, 1.165) is 23.9 Å². The molecule has 0 N–H and O–H groups in total. The Labute approximate surface area is 69.8 Å². The van der Waals surface area contributed by atoms with Gasteiger partial charge in [0.1, 0.15) is 0 Å². The number of hydrogen-bond donors (Lipinski definition) is 0. The van der Waals surface area contributed by atoms with E-state index in [0.29, 0.717) is 0 Å². The topological polar surface area (TPSA) is 3.24 Å². The lowest BCUT2D eigenvalue weighted by molar-refractivity contribution is 0.239. The van der Waals surface area contributed by atoms with Crippen molar-refractivity contribution in [1.82, 2.24) is 4.90 Å². The highest BCUT2D eigenvalue weighted by molar-refractivity contribution is 4.96. The van der Waals surface area contributed by atoms with Gasteiger partial charge in [-0.25, -0.2) is 0 Å². The molecule has 1 aliphatic carbocycles. The van der Waals surface area contributed by atoms with E-state index < -0.39 is 0 Å². The zero-order chi connectivity index (χ0) is 8.01. The third-order valence-electron chi connectivity index (χ3n) is 3.76. The highest BCUT2D eigenvalue weighted by Crippen LogP contribution is 2.42. The molecule has 0 bridgehead atoms. The average Bonchev–Trinajstić information content (AvgIpc) is 2.37. The van der Waals surface area contributed by atoms with Crippen LogP contribution in [0.25, 0.3) is 0 Å². The molecule has 0 radical (unpaired) electrons. The molecule has 1 heterocycles. The third-order valence-corrected chi connectivity index (χ3v) is 3.76. The predicted octanol–water partition coefficient (Wildman–Crippen LogP) is 2.13. The Morgan fingerprint density at radius 2 is 1.82 bits per heavy atom. The molecule has 1 nitrogen and oxygen atoms in total. The van der Waals surface area contributed by atoms with Crippen LogP contribution < -0.4 is 0 Å². The van der Waals surface area contributed by atoms with E-state index in [-0.39, 0.29) is 0 Å². The summed E-state index contributed by atoms with van der Waals surface area (Å²) in [6, 6.07) is 1.78. The lowest BCUT2D eigenvalue weighted by Gasteiger charge is -2.22. The minimum Gasteiger partial charge on any atom is -0.300 e. The van der Waals surface area contributed by atoms with E-state index in [9.17, 15) is 0 Å². The molecule has 1 saturated heterocycles. The second kappa shape index (κ2) is 2.48. The first-order chi connectivity index (χ1) is 5.18. The third kappa shape index (κ3) is 1.10. The second-order valence-electron chi connectivity index (χ2n) is 4.65. The molecule has 0 spiro atoms. The maximum absolute atomic E-state index is 2.59. The van der Waals surface area contributed by atoms with E-state index in [1.165, 1.54) is 19.3 Å². The number of fused-ring (bicyclic) bond motifs is 1. The minimum absolute atomic E-state index is 0.845. The molecule has 1 heteroatoms. The molecule has 2 rings (SSSR count). The fourth-order valence-electron chi connectivity index (χ4n) is 3.06. The molecule has 0 amide bonds. The number of nitrogens with zero attached hydrogens (tertiary/aromatic N) is 1. The summed E-state index contributed by atoms with van der Waals surface area (Å²) in [7, 11) is 2.30. The number of hydrogen-bond acceptors (Lipinski definition) is 1. The molecule has 4 unspecified atom stereocenters. The summed E-state index contributed by atoms with van der Waals surface area (Å²) >= 11 is 0. The van der Waals surface area contributed by atoms with E-state index in [4.69, 9.17) is 0 Å². The van der Waals surface area contributed by atoms with Crippen molar-refractivity contribution in [1.29, 1.82) is 0 Å². The van der Waals surface area contributed by atoms with Crippen molar-refractivity contribution >= 4 is 0 Å². The Balaban J connectivity index is 2.07. The van der Waals surface area contributed by atoms with Crippen molar-refractivity contribution in [3.8, 4) is 0 Å². The summed E-state index contributed by atoms with van der Waals surface area (Å²) in [6.45, 7) is 4.76. The summed E-state index contributed by atoms with van der Waals surface area (Å²) in [4.78, 5) is 2.59. The van der Waals surface area contributed by atoms with Crippen molar-refractivity contribution in [3.05, 3.63) is 0 Å². The van der Waals surface area contributed by atoms with Gasteiger partial charge in [0.15, 0.2) is 0 Å². The first kappa shape index (κ1) is 7.60. The van der Waals surface area contributed by atoms with Gasteiger partial charge in [0.2, 0.25) is 0 Å². The SMILES string of the molecule is CC1CC2CC(C)N(C)C2C1. The van der Waals surface area contributed by atoms with Crippen molar-refractivity contribution in [2.24, 2.45) is 11.8 Å². The molecule has 64 valence electrons. The Bertz CT molecular complexity index is 155. The molecule has 11 heavy (non-hydrogen) atoms. The number of rotatable bonds is 0. The highest BCUT2D eigenvalue weighted by Gasteiger charge is 2.41. The zero-order valence-corrected chi connectivity index (χ0v) is 7.88. The van der Waals surface area contributed by atoms with Crippen LogP contribution in [0.15, 0.2) is 0 Å². The van der Waals surface area contributed by atoms with Gasteiger partial charge < -0.3 is 4.90 Å². The summed E-state index contributed by atoms with van der Waals surface area (Å²) in [5, 5.41) is 0. The molecule has 4 atom stereocenters. The van der Waals surface area contributed by atoms with Crippen LogP contribution in [0.4, 0.5) is 0 Å². The van der Waals surface area contributed by atoms with Gasteiger partial charge in [-0.15, -0.1) is 0 Å². The van der Waals surface area contributed by atoms with Gasteiger partial charge in [0.25, 0.3) is 0 Å². The standard InChI is InChI=1S/C10H19N/c1-7-4-9-6-8(2)11(3)10(9)5-7/h7-10H,4-6H2,1-3H3. The van der Waals surface area contributed by atoms with E-state index in [1.807, 2.05) is 0 Å². The molecule has 1 saturated carbocycles. The van der Waals surface area contributed by atoms with Crippen LogP contribution in [0.3, 0.4) is 0 Å². The minimum atomic E-state index is 0.845. The highest BCUT2D eigenvalue weighted by atomic mass is 15.2. The molecule has 2 aliphatic rings. The van der Waals surface area contributed by atoms with Crippen molar-refractivity contribution < 1.29 is 0 Å². The quantitative estimate of drug-likeness (QED) is 0.515. The first-order valence-corrected chi connectivity index (χ1v) is 4.90. The van der Waals surface area contributed by atoms with Crippen molar-refractivity contribution in [3.63, 3.8) is 0 Å². The Hall–Kier alpha value is -0.0400. The molecule has 0 aromatic heterocycles. The van der Waals surface area contributed by atoms with Crippen LogP contribution >= 0.6 is 0 Å². The van der Waals surface area contributed by atoms with E-state index >= 15 is 0 Å². The van der Waals surface area contributed by atoms with Crippen LogP contribution in [0.2, 0.25) is 0 Å². The van der Waals surface area contributed by atoms with Gasteiger partial charge in [0, 0.05) is 12.1 Å². The van der Waals surface area contributed by atoms with Gasteiger partial charge in [-0.2, -0.15) is 0 Å². The smallest absolute Gasteiger partial charge is 0.0126 e. The van der Waals surface area contributed by atoms with Crippen molar-refractivity contribution in [2.75, 3.05) is 7.05 Å². The van der Waals surface area contributed by atoms with Gasteiger partial charge in [-0.1, -0.05) is 6.92 Å². The van der Waals surface area contributed by atoms with Gasteiger partial charge in [-0.05, 0) is 45.1 Å². The van der Waals surface area contributed by atoms with Crippen LogP contribution in [0.1, 0.15) is 33.1 Å². The molecule has 0 aromatic carbocycles. The van der Waals surface area contributed by atoms with Crippen LogP contribution in [0, 0.1) is 11.8 Å². The second-order valence-corrected chi connectivity index (χ2v) is 4.65. The Kier molecular flexibility index (Phi) is 1.71. The normalized spacial score (nSPS) is 51.5. The van der Waals surface area contributed by atoms with Crippen LogP contribution in [-0.4, -0.2) is 24.0 Å². The van der Waals surface area contributed by atoms with Gasteiger partial charge in [-0.3, -0.25) is 0 Å². The zero-order valence-electron chi connectivity index (χ0n) is 7.88. The lowest BCUT2D eigenvalue weighted by Crippen LogP contribution is -2.30. The predicted molar refractivity (Wildman–Crippen MR) is 47.5 cm³/mol. The maximum Gasteiger partial charge on any atom is 0.0126 e. The fraction of sp³-hybridized carbons (Fsp3) is 1.00. The lowest BCUT2D eigenvalue weighted by atomic mass is 10.0. The summed E-state index contributed by atoms with van der Waals surface area (Å²) in [5.41, 5.74) is 0. The Morgan fingerprint density at radius 3 is 2.45 bits per heavy atom. The van der Waals surface area contributed by atoms with E-state index in [1.54, 1.807) is 0 Å². The summed E-state index contributed by atoms with van der Waals surface area (Å²) in [5.74, 6) is 2.02. The largest absolute Gasteiger partial charge is 0.300 e. The van der Waals surface area contributed by atoms with E-state index in [2.05, 4.69) is 25.8 Å². The molecule has 0 aromatic rings. The molecular weight excluding hydrogens is 134 g/mol. The average molecular weight is 153 g/mol.